The maximum absolute atomic E-state index is 11.6. The van der Waals surface area contributed by atoms with Crippen molar-refractivity contribution in [3.63, 3.8) is 0 Å². The summed E-state index contributed by atoms with van der Waals surface area (Å²) in [5.74, 6) is -1.05. The van der Waals surface area contributed by atoms with Crippen molar-refractivity contribution in [3.05, 3.63) is 46.1 Å². The van der Waals surface area contributed by atoms with Crippen molar-refractivity contribution in [3.8, 4) is 0 Å². The van der Waals surface area contributed by atoms with E-state index in [4.69, 9.17) is 5.73 Å². The average molecular weight is 317 g/mol. The molecule has 22 heavy (non-hydrogen) atoms. The van der Waals surface area contributed by atoms with E-state index in [1.807, 2.05) is 38.4 Å². The second-order valence-corrected chi connectivity index (χ2v) is 6.97. The SMILES string of the molecule is Cc1ncc(N(C)Cc2ccc3c(c2)[C@@H](C(N)=O)[C@H](O)C3)s1. The fraction of sp³-hybridized carbons (Fsp3) is 0.375. The minimum absolute atomic E-state index is 0.463. The normalized spacial score (nSPS) is 20.0. The topological polar surface area (TPSA) is 79.5 Å². The van der Waals surface area contributed by atoms with Crippen LogP contribution in [0.3, 0.4) is 0 Å². The smallest absolute Gasteiger partial charge is 0.227 e. The highest BCUT2D eigenvalue weighted by atomic mass is 32.1. The molecule has 0 saturated heterocycles. The van der Waals surface area contributed by atoms with Gasteiger partial charge in [0, 0.05) is 13.6 Å². The fourth-order valence-corrected chi connectivity index (χ4v) is 3.72. The summed E-state index contributed by atoms with van der Waals surface area (Å²) in [5, 5.41) is 12.2. The quantitative estimate of drug-likeness (QED) is 0.897. The zero-order chi connectivity index (χ0) is 15.9. The molecule has 1 heterocycles. The summed E-state index contributed by atoms with van der Waals surface area (Å²) >= 11 is 1.65. The molecule has 1 aliphatic carbocycles. The Balaban J connectivity index is 1.84. The molecule has 1 amide bonds. The number of hydrogen-bond acceptors (Lipinski definition) is 5. The Bertz CT molecular complexity index is 713. The highest BCUT2D eigenvalue weighted by molar-refractivity contribution is 7.15. The number of hydrogen-bond donors (Lipinski definition) is 2. The van der Waals surface area contributed by atoms with Gasteiger partial charge < -0.3 is 15.7 Å². The summed E-state index contributed by atoms with van der Waals surface area (Å²) in [6, 6.07) is 6.02. The van der Waals surface area contributed by atoms with E-state index in [0.717, 1.165) is 33.2 Å². The van der Waals surface area contributed by atoms with Crippen molar-refractivity contribution in [1.29, 1.82) is 0 Å². The van der Waals surface area contributed by atoms with E-state index in [0.29, 0.717) is 6.42 Å². The number of nitrogens with two attached hydrogens (primary N) is 1. The minimum atomic E-state index is -0.704. The van der Waals surface area contributed by atoms with Gasteiger partial charge in [0.2, 0.25) is 5.91 Å². The number of aliphatic hydroxyl groups excluding tert-OH is 1. The van der Waals surface area contributed by atoms with Crippen molar-refractivity contribution >= 4 is 22.2 Å². The first-order chi connectivity index (χ1) is 10.5. The first-order valence-electron chi connectivity index (χ1n) is 7.18. The lowest BCUT2D eigenvalue weighted by molar-refractivity contribution is -0.121. The van der Waals surface area contributed by atoms with Crippen molar-refractivity contribution in [2.75, 3.05) is 11.9 Å². The number of carbonyl (C=O) groups is 1. The molecular weight excluding hydrogens is 298 g/mol. The Morgan fingerprint density at radius 2 is 2.32 bits per heavy atom. The number of aryl methyl sites for hydroxylation is 1. The van der Waals surface area contributed by atoms with Crippen molar-refractivity contribution < 1.29 is 9.90 Å². The molecule has 0 aliphatic heterocycles. The number of primary amides is 1. The fourth-order valence-electron chi connectivity index (χ4n) is 2.99. The van der Waals surface area contributed by atoms with Gasteiger partial charge in [0.15, 0.2) is 0 Å². The van der Waals surface area contributed by atoms with E-state index in [1.54, 1.807) is 11.3 Å². The second-order valence-electron chi connectivity index (χ2n) is 5.76. The Morgan fingerprint density at radius 1 is 1.55 bits per heavy atom. The molecule has 1 aliphatic rings. The number of benzene rings is 1. The first kappa shape index (κ1) is 15.0. The van der Waals surface area contributed by atoms with Gasteiger partial charge in [-0.25, -0.2) is 4.98 Å². The van der Waals surface area contributed by atoms with Gasteiger partial charge in [-0.1, -0.05) is 18.2 Å². The molecule has 0 fully saturated rings. The summed E-state index contributed by atoms with van der Waals surface area (Å²) in [7, 11) is 2.01. The van der Waals surface area contributed by atoms with Crippen LogP contribution in [-0.4, -0.2) is 29.1 Å². The number of carbonyl (C=O) groups excluding carboxylic acids is 1. The van der Waals surface area contributed by atoms with Crippen LogP contribution in [0.15, 0.2) is 24.4 Å². The lowest BCUT2D eigenvalue weighted by atomic mass is 9.97. The molecular formula is C16H19N3O2S. The highest BCUT2D eigenvalue weighted by Gasteiger charge is 2.35. The lowest BCUT2D eigenvalue weighted by Crippen LogP contribution is -2.28. The Kier molecular flexibility index (Phi) is 3.88. The molecule has 6 heteroatoms. The van der Waals surface area contributed by atoms with E-state index >= 15 is 0 Å². The molecule has 2 aromatic rings. The zero-order valence-electron chi connectivity index (χ0n) is 12.6. The third-order valence-corrected chi connectivity index (χ3v) is 5.10. The first-order valence-corrected chi connectivity index (χ1v) is 8.00. The number of rotatable bonds is 4. The molecule has 0 bridgehead atoms. The van der Waals surface area contributed by atoms with Crippen LogP contribution < -0.4 is 10.6 Å². The third-order valence-electron chi connectivity index (χ3n) is 4.07. The van der Waals surface area contributed by atoms with Crippen LogP contribution in [0.25, 0.3) is 0 Å². The number of anilines is 1. The maximum Gasteiger partial charge on any atom is 0.227 e. The molecule has 1 aromatic carbocycles. The van der Waals surface area contributed by atoms with Gasteiger partial charge in [-0.3, -0.25) is 4.79 Å². The molecule has 3 N–H and O–H groups in total. The monoisotopic (exact) mass is 317 g/mol. The van der Waals surface area contributed by atoms with Crippen molar-refractivity contribution in [2.45, 2.75) is 31.9 Å². The van der Waals surface area contributed by atoms with Crippen molar-refractivity contribution in [1.82, 2.24) is 4.98 Å². The minimum Gasteiger partial charge on any atom is -0.392 e. The van der Waals surface area contributed by atoms with Gasteiger partial charge in [-0.05, 0) is 30.0 Å². The summed E-state index contributed by atoms with van der Waals surface area (Å²) < 4.78 is 0. The van der Waals surface area contributed by atoms with Gasteiger partial charge in [-0.15, -0.1) is 11.3 Å². The zero-order valence-corrected chi connectivity index (χ0v) is 13.4. The van der Waals surface area contributed by atoms with Crippen LogP contribution in [0.2, 0.25) is 0 Å². The highest BCUT2D eigenvalue weighted by Crippen LogP contribution is 2.34. The molecule has 2 atom stereocenters. The molecule has 116 valence electrons. The predicted molar refractivity (Wildman–Crippen MR) is 87.0 cm³/mol. The molecule has 1 aromatic heterocycles. The predicted octanol–water partition coefficient (Wildman–Crippen LogP) is 1.57. The summed E-state index contributed by atoms with van der Waals surface area (Å²) in [6.07, 6.45) is 1.65. The molecule has 5 nitrogen and oxygen atoms in total. The molecule has 0 saturated carbocycles. The van der Waals surface area contributed by atoms with Crippen LogP contribution in [-0.2, 0) is 17.8 Å². The Morgan fingerprint density at radius 3 is 2.95 bits per heavy atom. The van der Waals surface area contributed by atoms with Crippen molar-refractivity contribution in [2.24, 2.45) is 5.73 Å². The van der Waals surface area contributed by atoms with Crippen LogP contribution in [0.5, 0.6) is 0 Å². The number of aliphatic hydroxyl groups is 1. The second kappa shape index (κ2) is 5.70. The number of nitrogens with zero attached hydrogens (tertiary/aromatic N) is 2. The van der Waals surface area contributed by atoms with E-state index in [1.165, 1.54) is 0 Å². The third kappa shape index (κ3) is 2.71. The molecule has 0 unspecified atom stereocenters. The molecule has 3 rings (SSSR count). The number of fused-ring (bicyclic) bond motifs is 1. The molecule has 0 spiro atoms. The van der Waals surface area contributed by atoms with Gasteiger partial charge in [-0.2, -0.15) is 0 Å². The standard InChI is InChI=1S/C16H19N3O2S/c1-9-18-7-14(22-9)19(2)8-10-3-4-11-6-13(20)15(16(17)21)12(11)5-10/h3-5,7,13,15,20H,6,8H2,1-2H3,(H2,17,21)/t13-,15-/m1/s1. The lowest BCUT2D eigenvalue weighted by Gasteiger charge is -2.18. The van der Waals surface area contributed by atoms with Gasteiger partial charge in [0.05, 0.1) is 23.2 Å². The van der Waals surface area contributed by atoms with Crippen LogP contribution in [0.1, 0.15) is 27.6 Å². The van der Waals surface area contributed by atoms with E-state index in [2.05, 4.69) is 9.88 Å². The molecule has 0 radical (unpaired) electrons. The number of aromatic nitrogens is 1. The van der Waals surface area contributed by atoms with Gasteiger partial charge in [0.1, 0.15) is 5.00 Å². The average Bonchev–Trinajstić information content (AvgIpc) is 3.01. The number of amides is 1. The summed E-state index contributed by atoms with van der Waals surface area (Å²) in [5.41, 5.74) is 8.40. The Hall–Kier alpha value is -1.92. The van der Waals surface area contributed by atoms with Gasteiger partial charge in [0.25, 0.3) is 0 Å². The Labute approximate surface area is 133 Å². The maximum atomic E-state index is 11.6. The van der Waals surface area contributed by atoms with E-state index < -0.39 is 17.9 Å². The van der Waals surface area contributed by atoms with E-state index in [-0.39, 0.29) is 0 Å². The largest absolute Gasteiger partial charge is 0.392 e. The number of thiazole rings is 1. The van der Waals surface area contributed by atoms with Crippen LogP contribution >= 0.6 is 11.3 Å². The summed E-state index contributed by atoms with van der Waals surface area (Å²) in [6.45, 7) is 2.70. The van der Waals surface area contributed by atoms with Crippen LogP contribution in [0.4, 0.5) is 5.00 Å². The summed E-state index contributed by atoms with van der Waals surface area (Å²) in [4.78, 5) is 18.0. The van der Waals surface area contributed by atoms with E-state index in [9.17, 15) is 9.90 Å². The van der Waals surface area contributed by atoms with Gasteiger partial charge >= 0.3 is 0 Å². The van der Waals surface area contributed by atoms with Crippen LogP contribution in [0, 0.1) is 6.92 Å².